The van der Waals surface area contributed by atoms with Crippen LogP contribution in [0.1, 0.15) is 23.0 Å². The third-order valence-corrected chi connectivity index (χ3v) is 4.60. The predicted molar refractivity (Wildman–Crippen MR) is 120 cm³/mol. The zero-order valence-electron chi connectivity index (χ0n) is 18.6. The van der Waals surface area contributed by atoms with Crippen LogP contribution in [0.2, 0.25) is 0 Å². The molecular formula is C23H23F3N4O5. The van der Waals surface area contributed by atoms with E-state index in [-0.39, 0.29) is 24.5 Å². The number of halogens is 3. The summed E-state index contributed by atoms with van der Waals surface area (Å²) in [5, 5.41) is 17.8. The Hall–Kier alpha value is -4.22. The summed E-state index contributed by atoms with van der Waals surface area (Å²) in [4.78, 5) is 23.4. The average molecular weight is 492 g/mol. The Labute approximate surface area is 198 Å². The molecule has 0 aliphatic carbocycles. The molecule has 0 atom stereocenters. The molecule has 9 nitrogen and oxygen atoms in total. The number of carbonyl (C=O) groups excluding carboxylic acids is 1. The largest absolute Gasteiger partial charge is 0.494 e. The Bertz CT molecular complexity index is 1160. The lowest BCUT2D eigenvalue weighted by Gasteiger charge is -2.10. The van der Waals surface area contributed by atoms with Crippen LogP contribution in [0.15, 0.2) is 54.7 Å². The van der Waals surface area contributed by atoms with E-state index < -0.39 is 35.9 Å². The second-order valence-corrected chi connectivity index (χ2v) is 7.12. The van der Waals surface area contributed by atoms with Crippen LogP contribution in [0, 0.1) is 0 Å². The molecule has 1 aromatic heterocycles. The van der Waals surface area contributed by atoms with Crippen LogP contribution in [0.5, 0.6) is 11.5 Å². The number of hydrogen-bond donors (Lipinski definition) is 3. The Morgan fingerprint density at radius 3 is 2.43 bits per heavy atom. The first-order valence-corrected chi connectivity index (χ1v) is 10.5. The molecule has 0 aliphatic heterocycles. The van der Waals surface area contributed by atoms with Crippen molar-refractivity contribution < 1.29 is 37.3 Å². The highest BCUT2D eigenvalue weighted by atomic mass is 19.4. The van der Waals surface area contributed by atoms with Crippen molar-refractivity contribution in [3.05, 3.63) is 66.0 Å². The molecule has 0 unspecified atom stereocenters. The van der Waals surface area contributed by atoms with Crippen LogP contribution in [0.25, 0.3) is 5.69 Å². The first kappa shape index (κ1) is 25.4. The molecule has 0 fully saturated rings. The number of benzene rings is 2. The number of para-hydroxylation sites is 2. The van der Waals surface area contributed by atoms with Crippen molar-refractivity contribution in [3.63, 3.8) is 0 Å². The molecule has 186 valence electrons. The third kappa shape index (κ3) is 6.88. The lowest BCUT2D eigenvalue weighted by atomic mass is 10.2. The number of aromatic nitrogens is 2. The van der Waals surface area contributed by atoms with E-state index in [1.807, 2.05) is 6.92 Å². The Kier molecular flexibility index (Phi) is 8.18. The Morgan fingerprint density at radius 2 is 1.77 bits per heavy atom. The number of carbonyl (C=O) groups is 2. The fourth-order valence-electron chi connectivity index (χ4n) is 3.09. The molecule has 0 bridgehead atoms. The van der Waals surface area contributed by atoms with Crippen LogP contribution >= 0.6 is 0 Å². The van der Waals surface area contributed by atoms with Gasteiger partial charge in [-0.1, -0.05) is 12.1 Å². The fourth-order valence-corrected chi connectivity index (χ4v) is 3.09. The minimum atomic E-state index is -4.89. The smallest absolute Gasteiger partial charge is 0.435 e. The van der Waals surface area contributed by atoms with Gasteiger partial charge in [0.05, 0.1) is 12.2 Å². The highest BCUT2D eigenvalue weighted by molar-refractivity contribution is 5.95. The van der Waals surface area contributed by atoms with E-state index in [0.717, 1.165) is 16.6 Å². The summed E-state index contributed by atoms with van der Waals surface area (Å²) in [5.74, 6) is -1.51. The monoisotopic (exact) mass is 492 g/mol. The molecule has 3 rings (SSSR count). The SMILES string of the molecule is CCOc1ccc(NCCNC(=O)c2cn(-c3ccccc3OCC(=O)O)nc2C(F)(F)F)cc1. The number of rotatable bonds is 11. The molecule has 35 heavy (non-hydrogen) atoms. The van der Waals surface area contributed by atoms with E-state index in [1.165, 1.54) is 24.3 Å². The molecule has 0 saturated carbocycles. The van der Waals surface area contributed by atoms with Crippen LogP contribution in [0.4, 0.5) is 18.9 Å². The number of hydrogen-bond acceptors (Lipinski definition) is 6. The molecule has 2 aromatic carbocycles. The lowest BCUT2D eigenvalue weighted by Crippen LogP contribution is -2.30. The molecule has 3 N–H and O–H groups in total. The normalized spacial score (nSPS) is 11.1. The van der Waals surface area contributed by atoms with Gasteiger partial charge in [0.15, 0.2) is 12.3 Å². The molecule has 12 heteroatoms. The van der Waals surface area contributed by atoms with Gasteiger partial charge in [-0.15, -0.1) is 0 Å². The van der Waals surface area contributed by atoms with E-state index in [9.17, 15) is 22.8 Å². The molecule has 1 amide bonds. The molecule has 0 spiro atoms. The molecule has 0 aliphatic rings. The number of nitrogens with one attached hydrogen (secondary N) is 2. The van der Waals surface area contributed by atoms with Crippen LogP contribution < -0.4 is 20.1 Å². The summed E-state index contributed by atoms with van der Waals surface area (Å²) >= 11 is 0. The summed E-state index contributed by atoms with van der Waals surface area (Å²) in [6.07, 6.45) is -3.96. The van der Waals surface area contributed by atoms with Crippen LogP contribution in [0.3, 0.4) is 0 Å². The summed E-state index contributed by atoms with van der Waals surface area (Å²) < 4.78 is 52.1. The van der Waals surface area contributed by atoms with E-state index >= 15 is 0 Å². The van der Waals surface area contributed by atoms with Gasteiger partial charge >= 0.3 is 12.1 Å². The second-order valence-electron chi connectivity index (χ2n) is 7.12. The maximum atomic E-state index is 13.6. The van der Waals surface area contributed by atoms with Crippen molar-refractivity contribution in [2.75, 3.05) is 31.6 Å². The van der Waals surface area contributed by atoms with Gasteiger partial charge in [0.1, 0.15) is 17.2 Å². The van der Waals surface area contributed by atoms with E-state index in [2.05, 4.69) is 15.7 Å². The number of amides is 1. The standard InChI is InChI=1S/C23H23F3N4O5/c1-2-34-16-9-7-15(8-10-16)27-11-12-28-22(33)17-13-30(29-21(17)23(24,25)26)18-5-3-4-6-19(18)35-14-20(31)32/h3-10,13,27H,2,11-12,14H2,1H3,(H,28,33)(H,31,32). The summed E-state index contributed by atoms with van der Waals surface area (Å²) in [5.41, 5.74) is -1.24. The van der Waals surface area contributed by atoms with Gasteiger partial charge in [0, 0.05) is 25.0 Å². The molecule has 0 radical (unpaired) electrons. The molecule has 1 heterocycles. The van der Waals surface area contributed by atoms with Gasteiger partial charge < -0.3 is 25.2 Å². The van der Waals surface area contributed by atoms with Crippen molar-refractivity contribution in [1.29, 1.82) is 0 Å². The third-order valence-electron chi connectivity index (χ3n) is 4.60. The number of aliphatic carboxylic acids is 1. The lowest BCUT2D eigenvalue weighted by molar-refractivity contribution is -0.141. The molecule has 0 saturated heterocycles. The summed E-state index contributed by atoms with van der Waals surface area (Å²) in [6.45, 7) is 2.03. The number of anilines is 1. The number of carboxylic acids is 1. The summed E-state index contributed by atoms with van der Waals surface area (Å²) in [6, 6.07) is 12.9. The van der Waals surface area contributed by atoms with Gasteiger partial charge in [-0.05, 0) is 43.3 Å². The highest BCUT2D eigenvalue weighted by Crippen LogP contribution is 2.32. The Balaban J connectivity index is 1.71. The van der Waals surface area contributed by atoms with Crippen LogP contribution in [-0.4, -0.2) is 53.1 Å². The number of alkyl halides is 3. The first-order valence-electron chi connectivity index (χ1n) is 10.5. The van der Waals surface area contributed by atoms with E-state index in [0.29, 0.717) is 12.4 Å². The van der Waals surface area contributed by atoms with Crippen LogP contribution in [-0.2, 0) is 11.0 Å². The highest BCUT2D eigenvalue weighted by Gasteiger charge is 2.39. The number of carboxylic acid groups (broad SMARTS) is 1. The fraction of sp³-hybridized carbons (Fsp3) is 0.261. The minimum absolute atomic E-state index is 0.00219. The molecular weight excluding hydrogens is 469 g/mol. The van der Waals surface area contributed by atoms with Gasteiger partial charge in [-0.3, -0.25) is 4.79 Å². The minimum Gasteiger partial charge on any atom is -0.494 e. The van der Waals surface area contributed by atoms with Crippen molar-refractivity contribution in [1.82, 2.24) is 15.1 Å². The number of nitrogens with zero attached hydrogens (tertiary/aromatic N) is 2. The van der Waals surface area contributed by atoms with Gasteiger partial charge in [0.2, 0.25) is 0 Å². The van der Waals surface area contributed by atoms with E-state index in [4.69, 9.17) is 14.6 Å². The maximum absolute atomic E-state index is 13.6. The van der Waals surface area contributed by atoms with Gasteiger partial charge in [0.25, 0.3) is 5.91 Å². The zero-order chi connectivity index (χ0) is 25.4. The van der Waals surface area contributed by atoms with Crippen molar-refractivity contribution >= 4 is 17.6 Å². The van der Waals surface area contributed by atoms with Gasteiger partial charge in [-0.2, -0.15) is 18.3 Å². The maximum Gasteiger partial charge on any atom is 0.435 e. The molecule has 3 aromatic rings. The Morgan fingerprint density at radius 1 is 1.06 bits per heavy atom. The van der Waals surface area contributed by atoms with Gasteiger partial charge in [-0.25, -0.2) is 9.48 Å². The van der Waals surface area contributed by atoms with Crippen molar-refractivity contribution in [2.24, 2.45) is 0 Å². The second kappa shape index (κ2) is 11.3. The first-order chi connectivity index (χ1) is 16.7. The van der Waals surface area contributed by atoms with Crippen molar-refractivity contribution in [3.8, 4) is 17.2 Å². The van der Waals surface area contributed by atoms with E-state index in [1.54, 1.807) is 24.3 Å². The zero-order valence-corrected chi connectivity index (χ0v) is 18.6. The quantitative estimate of drug-likeness (QED) is 0.351. The predicted octanol–water partition coefficient (Wildman–Crippen LogP) is 3.60. The average Bonchev–Trinajstić information content (AvgIpc) is 3.28. The number of ether oxygens (including phenoxy) is 2. The summed E-state index contributed by atoms with van der Waals surface area (Å²) in [7, 11) is 0. The van der Waals surface area contributed by atoms with Crippen molar-refractivity contribution in [2.45, 2.75) is 13.1 Å². The topological polar surface area (TPSA) is 115 Å².